The van der Waals surface area contributed by atoms with Gasteiger partial charge in [0.1, 0.15) is 0 Å². The lowest BCUT2D eigenvalue weighted by Gasteiger charge is -1.96. The molecule has 2 aromatic rings. The third kappa shape index (κ3) is 2.84. The first-order valence-electron chi connectivity index (χ1n) is 6.34. The van der Waals surface area contributed by atoms with Crippen molar-refractivity contribution in [1.29, 1.82) is 0 Å². The molecule has 1 aromatic carbocycles. The second-order valence-corrected chi connectivity index (χ2v) is 4.36. The third-order valence-electron chi connectivity index (χ3n) is 2.89. The summed E-state index contributed by atoms with van der Waals surface area (Å²) in [5.74, 6) is -0.284. The highest BCUT2D eigenvalue weighted by Crippen LogP contribution is 2.20. The number of rotatable bonds is 3. The summed E-state index contributed by atoms with van der Waals surface area (Å²) in [6, 6.07) is 10.2. The largest absolute Gasteiger partial charge is 0.402 e. The molecule has 1 aromatic heterocycles. The van der Waals surface area contributed by atoms with E-state index in [9.17, 15) is 4.79 Å². The molecule has 1 aliphatic heterocycles. The van der Waals surface area contributed by atoms with Crippen molar-refractivity contribution in [3.8, 4) is 0 Å². The standard InChI is InChI=1S/C15H9N5O2/c16-20-19-12-5-3-10(4-6-12)8-13-15(21)22-14(18-13)11-2-1-7-17-9-11/h1-9H/b13-8-. The predicted molar refractivity (Wildman–Crippen MR) is 80.1 cm³/mol. The van der Waals surface area contributed by atoms with Gasteiger partial charge in [0.25, 0.3) is 0 Å². The highest BCUT2D eigenvalue weighted by Gasteiger charge is 2.24. The van der Waals surface area contributed by atoms with Gasteiger partial charge in [-0.25, -0.2) is 9.79 Å². The van der Waals surface area contributed by atoms with Crippen molar-refractivity contribution in [2.24, 2.45) is 10.1 Å². The molecule has 2 heterocycles. The number of pyridine rings is 1. The minimum Gasteiger partial charge on any atom is -0.402 e. The highest BCUT2D eigenvalue weighted by molar-refractivity contribution is 6.12. The Morgan fingerprint density at radius 3 is 2.73 bits per heavy atom. The first kappa shape index (κ1) is 13.5. The molecule has 0 atom stereocenters. The van der Waals surface area contributed by atoms with Gasteiger partial charge in [-0.3, -0.25) is 4.98 Å². The number of aliphatic imine (C=N–C) groups is 1. The van der Waals surface area contributed by atoms with Crippen LogP contribution in [0.5, 0.6) is 0 Å². The molecule has 7 nitrogen and oxygen atoms in total. The van der Waals surface area contributed by atoms with E-state index in [1.165, 1.54) is 0 Å². The maximum atomic E-state index is 11.8. The number of hydrogen-bond acceptors (Lipinski definition) is 5. The van der Waals surface area contributed by atoms with Crippen LogP contribution in [0.1, 0.15) is 11.1 Å². The summed E-state index contributed by atoms with van der Waals surface area (Å²) in [6.07, 6.45) is 4.80. The fraction of sp³-hybridized carbons (Fsp3) is 0. The van der Waals surface area contributed by atoms with Crippen molar-refractivity contribution in [3.63, 3.8) is 0 Å². The van der Waals surface area contributed by atoms with Gasteiger partial charge < -0.3 is 4.74 Å². The molecule has 0 spiro atoms. The quantitative estimate of drug-likeness (QED) is 0.285. The van der Waals surface area contributed by atoms with Crippen molar-refractivity contribution in [3.05, 3.63) is 76.1 Å². The topological polar surface area (TPSA) is 100 Å². The van der Waals surface area contributed by atoms with E-state index in [-0.39, 0.29) is 11.6 Å². The van der Waals surface area contributed by atoms with Crippen LogP contribution in [0.4, 0.5) is 5.69 Å². The van der Waals surface area contributed by atoms with Gasteiger partial charge in [0.05, 0.1) is 5.56 Å². The number of carbonyl (C=O) groups is 1. The summed E-state index contributed by atoms with van der Waals surface area (Å²) in [4.78, 5) is 22.7. The molecule has 1 aliphatic rings. The summed E-state index contributed by atoms with van der Waals surface area (Å²) in [7, 11) is 0. The molecular formula is C15H9N5O2. The van der Waals surface area contributed by atoms with Gasteiger partial charge in [0, 0.05) is 23.0 Å². The van der Waals surface area contributed by atoms with Gasteiger partial charge in [0.15, 0.2) is 5.70 Å². The van der Waals surface area contributed by atoms with Crippen LogP contribution in [0, 0.1) is 0 Å². The first-order valence-corrected chi connectivity index (χ1v) is 6.34. The minimum absolute atomic E-state index is 0.204. The maximum absolute atomic E-state index is 11.8. The molecule has 0 unspecified atom stereocenters. The van der Waals surface area contributed by atoms with Crippen molar-refractivity contribution < 1.29 is 9.53 Å². The van der Waals surface area contributed by atoms with Crippen LogP contribution in [0.3, 0.4) is 0 Å². The Kier molecular flexibility index (Phi) is 3.63. The second kappa shape index (κ2) is 5.90. The monoisotopic (exact) mass is 291 g/mol. The molecule has 0 bridgehead atoms. The average Bonchev–Trinajstić information content (AvgIpc) is 2.91. The molecule has 106 valence electrons. The van der Waals surface area contributed by atoms with Gasteiger partial charge in [-0.05, 0) is 29.3 Å². The average molecular weight is 291 g/mol. The molecule has 0 fully saturated rings. The number of nitrogens with zero attached hydrogens (tertiary/aromatic N) is 5. The van der Waals surface area contributed by atoms with E-state index in [1.807, 2.05) is 0 Å². The van der Waals surface area contributed by atoms with Gasteiger partial charge in [-0.15, -0.1) is 0 Å². The molecule has 0 radical (unpaired) electrons. The van der Waals surface area contributed by atoms with Crippen molar-refractivity contribution in [1.82, 2.24) is 4.98 Å². The summed E-state index contributed by atoms with van der Waals surface area (Å²) in [6.45, 7) is 0. The van der Waals surface area contributed by atoms with E-state index in [4.69, 9.17) is 10.3 Å². The molecule has 7 heteroatoms. The van der Waals surface area contributed by atoms with Crippen molar-refractivity contribution >= 4 is 23.6 Å². The van der Waals surface area contributed by atoms with Gasteiger partial charge >= 0.3 is 5.97 Å². The molecule has 0 amide bonds. The van der Waals surface area contributed by atoms with Crippen LogP contribution < -0.4 is 0 Å². The van der Waals surface area contributed by atoms with E-state index < -0.39 is 5.97 Å². The molecule has 0 saturated carbocycles. The molecule has 0 N–H and O–H groups in total. The summed E-state index contributed by atoms with van der Waals surface area (Å²) < 4.78 is 5.13. The third-order valence-corrected chi connectivity index (χ3v) is 2.89. The summed E-state index contributed by atoms with van der Waals surface area (Å²) in [5, 5.41) is 3.48. The number of benzene rings is 1. The number of aromatic nitrogens is 1. The first-order chi connectivity index (χ1) is 10.8. The minimum atomic E-state index is -0.516. The molecule has 0 aliphatic carbocycles. The van der Waals surface area contributed by atoms with Crippen LogP contribution in [0.2, 0.25) is 0 Å². The highest BCUT2D eigenvalue weighted by atomic mass is 16.6. The Hall–Kier alpha value is -3.44. The van der Waals surface area contributed by atoms with E-state index in [0.29, 0.717) is 11.3 Å². The summed E-state index contributed by atoms with van der Waals surface area (Å²) in [5.41, 5.74) is 10.4. The molecule has 3 rings (SSSR count). The normalized spacial score (nSPS) is 15.2. The Bertz CT molecular complexity index is 819. The SMILES string of the molecule is [N-]=[N+]=Nc1ccc(/C=C2\N=C(c3cccnc3)OC2=O)cc1. The smallest absolute Gasteiger partial charge is 0.363 e. The number of azide groups is 1. The van der Waals surface area contributed by atoms with E-state index in [1.54, 1.807) is 54.9 Å². The zero-order chi connectivity index (χ0) is 15.4. The van der Waals surface area contributed by atoms with Gasteiger partial charge in [0.2, 0.25) is 5.90 Å². The lowest BCUT2D eigenvalue weighted by atomic mass is 10.2. The van der Waals surface area contributed by atoms with Crippen LogP contribution in [-0.2, 0) is 9.53 Å². The van der Waals surface area contributed by atoms with E-state index >= 15 is 0 Å². The Labute approximate surface area is 125 Å². The lowest BCUT2D eigenvalue weighted by molar-refractivity contribution is -0.129. The fourth-order valence-corrected chi connectivity index (χ4v) is 1.87. The van der Waals surface area contributed by atoms with Crippen LogP contribution in [0.15, 0.2) is 64.6 Å². The Morgan fingerprint density at radius 2 is 2.05 bits per heavy atom. The number of esters is 1. The predicted octanol–water partition coefficient (Wildman–Crippen LogP) is 3.37. The summed E-state index contributed by atoms with van der Waals surface area (Å²) >= 11 is 0. The molecular weight excluding hydrogens is 282 g/mol. The van der Waals surface area contributed by atoms with Gasteiger partial charge in [-0.2, -0.15) is 0 Å². The number of cyclic esters (lactones) is 1. The van der Waals surface area contributed by atoms with Crippen molar-refractivity contribution in [2.75, 3.05) is 0 Å². The number of hydrogen-bond donors (Lipinski definition) is 0. The number of ether oxygens (including phenoxy) is 1. The zero-order valence-electron chi connectivity index (χ0n) is 11.2. The van der Waals surface area contributed by atoms with Gasteiger partial charge in [-0.1, -0.05) is 29.4 Å². The maximum Gasteiger partial charge on any atom is 0.363 e. The Morgan fingerprint density at radius 1 is 1.23 bits per heavy atom. The van der Waals surface area contributed by atoms with Crippen molar-refractivity contribution in [2.45, 2.75) is 0 Å². The van der Waals surface area contributed by atoms with Crippen LogP contribution in [0.25, 0.3) is 16.5 Å². The van der Waals surface area contributed by atoms with Crippen LogP contribution in [-0.4, -0.2) is 16.9 Å². The lowest BCUT2D eigenvalue weighted by Crippen LogP contribution is -2.05. The molecule has 22 heavy (non-hydrogen) atoms. The zero-order valence-corrected chi connectivity index (χ0v) is 11.2. The number of carbonyl (C=O) groups excluding carboxylic acids is 1. The van der Waals surface area contributed by atoms with Crippen LogP contribution >= 0.6 is 0 Å². The molecule has 0 saturated heterocycles. The van der Waals surface area contributed by atoms with E-state index in [2.05, 4.69) is 20.0 Å². The fourth-order valence-electron chi connectivity index (χ4n) is 1.87. The second-order valence-electron chi connectivity index (χ2n) is 4.36. The van der Waals surface area contributed by atoms with E-state index in [0.717, 1.165) is 5.56 Å². The Balaban J connectivity index is 1.89.